The average molecular weight is 673 g/mol. The van der Waals surface area contributed by atoms with Gasteiger partial charge in [-0.3, -0.25) is 0 Å². The van der Waals surface area contributed by atoms with E-state index in [0.29, 0.717) is 0 Å². The molecule has 0 N–H and O–H groups in total. The Morgan fingerprint density at radius 2 is 0.900 bits per heavy atom. The van der Waals surface area contributed by atoms with Gasteiger partial charge in [-0.1, -0.05) is 133 Å². The summed E-state index contributed by atoms with van der Waals surface area (Å²) in [7, 11) is 0. The highest BCUT2D eigenvalue weighted by Crippen LogP contribution is 2.43. The third-order valence-electron chi connectivity index (χ3n) is 9.62. The molecule has 3 aromatic heterocycles. The van der Waals surface area contributed by atoms with E-state index in [2.05, 4.69) is 164 Å². The van der Waals surface area contributed by atoms with Crippen molar-refractivity contribution >= 4 is 63.1 Å². The summed E-state index contributed by atoms with van der Waals surface area (Å²) in [6, 6.07) is 59.1. The Balaban J connectivity index is 1.02. The number of hydrogen-bond acceptors (Lipinski definition) is 4. The second kappa shape index (κ2) is 11.9. The normalized spacial score (nSPS) is 11.6. The fraction of sp³-hybridized carbons (Fsp3) is 0. The number of fused-ring (bicyclic) bond motifs is 6. The SMILES string of the molecule is c1ccc(-c2ccc(-c3cccc(-c4ccc5sc6c(-c7cccc(-c8cccc9c8sc8ccccc89)c7)ncnc6c5c4)c3)cc2)cc1. The van der Waals surface area contributed by atoms with Crippen LogP contribution in [0.4, 0.5) is 0 Å². The van der Waals surface area contributed by atoms with E-state index in [4.69, 9.17) is 9.97 Å². The maximum absolute atomic E-state index is 4.86. The molecule has 10 aromatic rings. The standard InChI is InChI=1S/C46H28N2S2/c1-2-9-29(10-3-1)30-19-21-31(22-20-30)32-11-6-12-33(25-32)34-23-24-42-40(27-34)44-46(50-42)43(47-28-48-44)36-14-7-13-35(26-36)37-16-8-17-39-38-15-4-5-18-41(38)49-45(37)39/h1-28H. The Morgan fingerprint density at radius 1 is 0.340 bits per heavy atom. The molecular weight excluding hydrogens is 645 g/mol. The highest BCUT2D eigenvalue weighted by Gasteiger charge is 2.16. The van der Waals surface area contributed by atoms with Gasteiger partial charge in [-0.05, 0) is 74.8 Å². The first-order valence-electron chi connectivity index (χ1n) is 16.7. The van der Waals surface area contributed by atoms with Crippen molar-refractivity contribution in [2.24, 2.45) is 0 Å². The molecule has 0 bridgehead atoms. The Morgan fingerprint density at radius 3 is 1.76 bits per heavy atom. The number of nitrogens with zero attached hydrogens (tertiary/aromatic N) is 2. The molecule has 0 spiro atoms. The summed E-state index contributed by atoms with van der Waals surface area (Å²) in [5, 5.41) is 3.79. The minimum Gasteiger partial charge on any atom is -0.235 e. The summed E-state index contributed by atoms with van der Waals surface area (Å²) in [6.07, 6.45) is 1.72. The van der Waals surface area contributed by atoms with Gasteiger partial charge < -0.3 is 0 Å². The smallest absolute Gasteiger partial charge is 0.116 e. The number of thiophene rings is 2. The molecule has 3 heterocycles. The first-order chi connectivity index (χ1) is 24.8. The molecule has 0 aliphatic carbocycles. The zero-order valence-electron chi connectivity index (χ0n) is 26.9. The Hall–Kier alpha value is -5.94. The van der Waals surface area contributed by atoms with Crippen LogP contribution in [0.15, 0.2) is 170 Å². The van der Waals surface area contributed by atoms with Crippen LogP contribution >= 0.6 is 22.7 Å². The van der Waals surface area contributed by atoms with Crippen LogP contribution in [0.5, 0.6) is 0 Å². The van der Waals surface area contributed by atoms with E-state index < -0.39 is 0 Å². The fourth-order valence-electron chi connectivity index (χ4n) is 7.13. The van der Waals surface area contributed by atoms with Gasteiger partial charge in [-0.25, -0.2) is 9.97 Å². The molecule has 0 atom stereocenters. The van der Waals surface area contributed by atoms with Crippen LogP contribution < -0.4 is 0 Å². The van der Waals surface area contributed by atoms with Crippen molar-refractivity contribution in [2.75, 3.05) is 0 Å². The van der Waals surface area contributed by atoms with Crippen molar-refractivity contribution in [3.8, 4) is 55.8 Å². The van der Waals surface area contributed by atoms with Gasteiger partial charge in [0.1, 0.15) is 6.33 Å². The van der Waals surface area contributed by atoms with E-state index in [0.717, 1.165) is 26.9 Å². The summed E-state index contributed by atoms with van der Waals surface area (Å²) in [5.41, 5.74) is 12.8. The molecule has 4 heteroatoms. The molecule has 0 aliphatic rings. The molecular formula is C46H28N2S2. The molecule has 0 fully saturated rings. The highest BCUT2D eigenvalue weighted by atomic mass is 32.1. The maximum atomic E-state index is 4.86. The Kier molecular flexibility index (Phi) is 6.90. The van der Waals surface area contributed by atoms with Gasteiger partial charge in [0.05, 0.1) is 15.9 Å². The molecule has 7 aromatic carbocycles. The highest BCUT2D eigenvalue weighted by molar-refractivity contribution is 7.26. The minimum atomic E-state index is 0.976. The van der Waals surface area contributed by atoms with Crippen LogP contribution in [0.1, 0.15) is 0 Å². The zero-order chi connectivity index (χ0) is 33.0. The number of benzene rings is 7. The summed E-state index contributed by atoms with van der Waals surface area (Å²) in [6.45, 7) is 0. The average Bonchev–Trinajstić information content (AvgIpc) is 3.77. The molecule has 50 heavy (non-hydrogen) atoms. The van der Waals surface area contributed by atoms with E-state index >= 15 is 0 Å². The van der Waals surface area contributed by atoms with E-state index in [-0.39, 0.29) is 0 Å². The number of hydrogen-bond donors (Lipinski definition) is 0. The van der Waals surface area contributed by atoms with E-state index in [1.807, 2.05) is 11.3 Å². The van der Waals surface area contributed by atoms with Gasteiger partial charge in [-0.2, -0.15) is 0 Å². The molecule has 0 unspecified atom stereocenters. The van der Waals surface area contributed by atoms with Gasteiger partial charge in [0, 0.05) is 35.8 Å². The second-order valence-electron chi connectivity index (χ2n) is 12.6. The van der Waals surface area contributed by atoms with Crippen LogP contribution in [-0.2, 0) is 0 Å². The van der Waals surface area contributed by atoms with Crippen LogP contribution in [0.25, 0.3) is 96.2 Å². The maximum Gasteiger partial charge on any atom is 0.116 e. The van der Waals surface area contributed by atoms with Gasteiger partial charge in [0.15, 0.2) is 0 Å². The van der Waals surface area contributed by atoms with Gasteiger partial charge in [0.25, 0.3) is 0 Å². The summed E-state index contributed by atoms with van der Waals surface area (Å²) >= 11 is 3.64. The Labute approximate surface area is 297 Å². The summed E-state index contributed by atoms with van der Waals surface area (Å²) in [5.74, 6) is 0. The van der Waals surface area contributed by atoms with Crippen molar-refractivity contribution in [3.63, 3.8) is 0 Å². The summed E-state index contributed by atoms with van der Waals surface area (Å²) < 4.78 is 4.97. The van der Waals surface area contributed by atoms with E-state index in [1.165, 1.54) is 69.4 Å². The first kappa shape index (κ1) is 29.0. The second-order valence-corrected chi connectivity index (χ2v) is 14.7. The van der Waals surface area contributed by atoms with Crippen LogP contribution in [0.3, 0.4) is 0 Å². The van der Waals surface area contributed by atoms with Crippen LogP contribution in [0, 0.1) is 0 Å². The predicted octanol–water partition coefficient (Wildman–Crippen LogP) is 13.5. The predicted molar refractivity (Wildman–Crippen MR) is 215 cm³/mol. The van der Waals surface area contributed by atoms with Crippen molar-refractivity contribution in [2.45, 2.75) is 0 Å². The van der Waals surface area contributed by atoms with Crippen molar-refractivity contribution in [3.05, 3.63) is 170 Å². The van der Waals surface area contributed by atoms with Crippen molar-refractivity contribution < 1.29 is 0 Å². The van der Waals surface area contributed by atoms with Gasteiger partial charge in [0.2, 0.25) is 0 Å². The molecule has 2 nitrogen and oxygen atoms in total. The number of rotatable bonds is 5. The third kappa shape index (κ3) is 4.92. The molecule has 0 amide bonds. The lowest BCUT2D eigenvalue weighted by Gasteiger charge is -2.08. The Bertz CT molecular complexity index is 2860. The molecule has 0 aliphatic heterocycles. The monoisotopic (exact) mass is 672 g/mol. The lowest BCUT2D eigenvalue weighted by atomic mass is 9.96. The molecule has 10 rings (SSSR count). The number of aromatic nitrogens is 2. The van der Waals surface area contributed by atoms with E-state index in [1.54, 1.807) is 17.7 Å². The van der Waals surface area contributed by atoms with Crippen LogP contribution in [0.2, 0.25) is 0 Å². The van der Waals surface area contributed by atoms with Crippen molar-refractivity contribution in [1.82, 2.24) is 9.97 Å². The first-order valence-corrected chi connectivity index (χ1v) is 18.3. The van der Waals surface area contributed by atoms with Gasteiger partial charge >= 0.3 is 0 Å². The van der Waals surface area contributed by atoms with Crippen molar-refractivity contribution in [1.29, 1.82) is 0 Å². The summed E-state index contributed by atoms with van der Waals surface area (Å²) in [4.78, 5) is 9.69. The lowest BCUT2D eigenvalue weighted by Crippen LogP contribution is -1.87. The van der Waals surface area contributed by atoms with Crippen LogP contribution in [-0.4, -0.2) is 9.97 Å². The minimum absolute atomic E-state index is 0.976. The molecule has 0 saturated carbocycles. The molecule has 0 radical (unpaired) electrons. The third-order valence-corrected chi connectivity index (χ3v) is 12.0. The zero-order valence-corrected chi connectivity index (χ0v) is 28.5. The van der Waals surface area contributed by atoms with Gasteiger partial charge in [-0.15, -0.1) is 22.7 Å². The topological polar surface area (TPSA) is 25.8 Å². The lowest BCUT2D eigenvalue weighted by molar-refractivity contribution is 1.24. The fourth-order valence-corrected chi connectivity index (χ4v) is 9.52. The largest absolute Gasteiger partial charge is 0.235 e. The molecule has 0 saturated heterocycles. The van der Waals surface area contributed by atoms with E-state index in [9.17, 15) is 0 Å². The quantitative estimate of drug-likeness (QED) is 0.182. The molecule has 234 valence electrons.